The van der Waals surface area contributed by atoms with Crippen LogP contribution in [0.4, 0.5) is 0 Å². The maximum atomic E-state index is 9.00. The Kier molecular flexibility index (Phi) is 4.14. The lowest BCUT2D eigenvalue weighted by Crippen LogP contribution is -1.79. The molecule has 0 amide bonds. The highest BCUT2D eigenvalue weighted by atomic mass is 79.9. The number of hydrogen-bond acceptors (Lipinski definition) is 1. The Labute approximate surface area is 92.1 Å². The maximum absolute atomic E-state index is 9.00. The van der Waals surface area contributed by atoms with Gasteiger partial charge in [-0.05, 0) is 42.5 Å². The number of carbonyl (C=O) groups is 1. The van der Waals surface area contributed by atoms with Gasteiger partial charge in [0.25, 0.3) is 5.97 Å². The first kappa shape index (κ1) is 11.2. The quantitative estimate of drug-likeness (QED) is 0.775. The van der Waals surface area contributed by atoms with E-state index < -0.39 is 5.97 Å². The summed E-state index contributed by atoms with van der Waals surface area (Å²) in [5.74, 6) is -0.833. The van der Waals surface area contributed by atoms with Gasteiger partial charge in [-0.2, -0.15) is 0 Å². The van der Waals surface area contributed by atoms with Gasteiger partial charge in [0.1, 0.15) is 0 Å². The van der Waals surface area contributed by atoms with Gasteiger partial charge in [-0.15, -0.1) is 0 Å². The lowest BCUT2D eigenvalue weighted by molar-refractivity contribution is -0.134. The van der Waals surface area contributed by atoms with Gasteiger partial charge in [0.2, 0.25) is 0 Å². The number of carboxylic acids is 1. The first-order valence-corrected chi connectivity index (χ1v) is 5.35. The van der Waals surface area contributed by atoms with Gasteiger partial charge in [0.05, 0.1) is 0 Å². The van der Waals surface area contributed by atoms with Crippen LogP contribution in [0.1, 0.15) is 24.5 Å². The van der Waals surface area contributed by atoms with Gasteiger partial charge in [0.15, 0.2) is 0 Å². The third kappa shape index (κ3) is 3.50. The highest BCUT2D eigenvalue weighted by Crippen LogP contribution is 2.24. The first-order chi connectivity index (χ1) is 6.59. The Morgan fingerprint density at radius 1 is 1.36 bits per heavy atom. The molecule has 0 atom stereocenters. The summed E-state index contributed by atoms with van der Waals surface area (Å²) in [7, 11) is 0. The second kappa shape index (κ2) is 5.15. The summed E-state index contributed by atoms with van der Waals surface area (Å²) in [6, 6.07) is 6.60. The number of hydrogen-bond donors (Lipinski definition) is 1. The molecule has 0 heterocycles. The van der Waals surface area contributed by atoms with Crippen LogP contribution in [0, 0.1) is 0 Å². The number of aliphatic carboxylic acids is 1. The normalized spacial score (nSPS) is 12.7. The average Bonchev–Trinajstić information content (AvgIpc) is 2.49. The molecule has 1 aliphatic carbocycles. The van der Waals surface area contributed by atoms with Crippen LogP contribution in [-0.4, -0.2) is 11.1 Å². The van der Waals surface area contributed by atoms with Gasteiger partial charge in [-0.25, -0.2) is 0 Å². The number of rotatable bonds is 0. The maximum Gasteiger partial charge on any atom is 0.300 e. The predicted octanol–water partition coefficient (Wildman–Crippen LogP) is 3.03. The smallest absolute Gasteiger partial charge is 0.300 e. The van der Waals surface area contributed by atoms with Gasteiger partial charge in [-0.3, -0.25) is 4.79 Å². The van der Waals surface area contributed by atoms with E-state index in [9.17, 15) is 0 Å². The molecule has 76 valence electrons. The van der Waals surface area contributed by atoms with Crippen molar-refractivity contribution in [1.82, 2.24) is 0 Å². The molecule has 1 aromatic carbocycles. The third-order valence-corrected chi connectivity index (χ3v) is 2.55. The van der Waals surface area contributed by atoms with Gasteiger partial charge >= 0.3 is 0 Å². The molecule has 0 aliphatic heterocycles. The lowest BCUT2D eigenvalue weighted by Gasteiger charge is -1.97. The molecule has 0 aromatic heterocycles. The predicted molar refractivity (Wildman–Crippen MR) is 59.5 cm³/mol. The molecule has 1 aromatic rings. The summed E-state index contributed by atoms with van der Waals surface area (Å²) < 4.78 is 1.22. The second-order valence-electron chi connectivity index (χ2n) is 3.29. The minimum atomic E-state index is -0.833. The van der Waals surface area contributed by atoms with Crippen LogP contribution >= 0.6 is 15.9 Å². The van der Waals surface area contributed by atoms with Gasteiger partial charge in [-0.1, -0.05) is 22.0 Å². The van der Waals surface area contributed by atoms with Crippen LogP contribution in [0.15, 0.2) is 22.7 Å². The van der Waals surface area contributed by atoms with Gasteiger partial charge < -0.3 is 5.11 Å². The molecule has 1 aliphatic rings. The zero-order valence-corrected chi connectivity index (χ0v) is 9.67. The SMILES string of the molecule is Brc1ccc2c(c1)CCC2.CC(=O)O. The van der Waals surface area contributed by atoms with Crippen molar-refractivity contribution in [2.24, 2.45) is 0 Å². The monoisotopic (exact) mass is 256 g/mol. The van der Waals surface area contributed by atoms with Crippen LogP contribution in [0.3, 0.4) is 0 Å². The highest BCUT2D eigenvalue weighted by Gasteiger charge is 2.09. The van der Waals surface area contributed by atoms with E-state index in [4.69, 9.17) is 9.90 Å². The Balaban J connectivity index is 0.000000213. The van der Waals surface area contributed by atoms with E-state index in [0.29, 0.717) is 0 Å². The number of fused-ring (bicyclic) bond motifs is 1. The summed E-state index contributed by atoms with van der Waals surface area (Å²) in [5, 5.41) is 7.42. The zero-order valence-electron chi connectivity index (χ0n) is 8.09. The topological polar surface area (TPSA) is 37.3 Å². The van der Waals surface area contributed by atoms with E-state index >= 15 is 0 Å². The minimum Gasteiger partial charge on any atom is -0.481 e. The van der Waals surface area contributed by atoms with Crippen molar-refractivity contribution in [2.75, 3.05) is 0 Å². The van der Waals surface area contributed by atoms with Crippen molar-refractivity contribution in [3.8, 4) is 0 Å². The molecule has 0 fully saturated rings. The van der Waals surface area contributed by atoms with Crippen LogP contribution in [0.2, 0.25) is 0 Å². The third-order valence-electron chi connectivity index (χ3n) is 2.06. The minimum absolute atomic E-state index is 0.833. The fourth-order valence-electron chi connectivity index (χ4n) is 1.54. The summed E-state index contributed by atoms with van der Waals surface area (Å²) >= 11 is 3.46. The van der Waals surface area contributed by atoms with Crippen molar-refractivity contribution in [3.63, 3.8) is 0 Å². The van der Waals surface area contributed by atoms with E-state index in [0.717, 1.165) is 6.92 Å². The van der Waals surface area contributed by atoms with E-state index in [1.54, 1.807) is 5.56 Å². The number of aryl methyl sites for hydroxylation is 2. The molecular formula is C11H13BrO2. The molecule has 3 heteroatoms. The Morgan fingerprint density at radius 2 is 1.93 bits per heavy atom. The number of carboxylic acid groups (broad SMARTS) is 1. The second-order valence-corrected chi connectivity index (χ2v) is 4.20. The molecule has 2 nitrogen and oxygen atoms in total. The molecule has 1 N–H and O–H groups in total. The van der Waals surface area contributed by atoms with Crippen LogP contribution in [-0.2, 0) is 17.6 Å². The van der Waals surface area contributed by atoms with Crippen LogP contribution in [0.25, 0.3) is 0 Å². The molecule has 0 saturated heterocycles. The van der Waals surface area contributed by atoms with Crippen molar-refractivity contribution in [2.45, 2.75) is 26.2 Å². The van der Waals surface area contributed by atoms with Gasteiger partial charge in [0, 0.05) is 11.4 Å². The summed E-state index contributed by atoms with van der Waals surface area (Å²) in [6.45, 7) is 1.08. The molecule has 0 saturated carbocycles. The van der Waals surface area contributed by atoms with Crippen molar-refractivity contribution >= 4 is 21.9 Å². The number of halogens is 1. The number of benzene rings is 1. The largest absolute Gasteiger partial charge is 0.481 e. The van der Waals surface area contributed by atoms with Crippen molar-refractivity contribution in [1.29, 1.82) is 0 Å². The fraction of sp³-hybridized carbons (Fsp3) is 0.364. The molecule has 0 spiro atoms. The molecule has 0 unspecified atom stereocenters. The summed E-state index contributed by atoms with van der Waals surface area (Å²) in [6.07, 6.45) is 3.89. The lowest BCUT2D eigenvalue weighted by atomic mass is 10.1. The highest BCUT2D eigenvalue weighted by molar-refractivity contribution is 9.10. The zero-order chi connectivity index (χ0) is 10.6. The molecule has 0 radical (unpaired) electrons. The molecule has 2 rings (SSSR count). The molecule has 0 bridgehead atoms. The molecular weight excluding hydrogens is 244 g/mol. The average molecular weight is 257 g/mol. The van der Waals surface area contributed by atoms with Crippen LogP contribution in [0.5, 0.6) is 0 Å². The van der Waals surface area contributed by atoms with E-state index in [1.807, 2.05) is 0 Å². The van der Waals surface area contributed by atoms with Crippen molar-refractivity contribution < 1.29 is 9.90 Å². The van der Waals surface area contributed by atoms with Crippen LogP contribution < -0.4 is 0 Å². The molecule has 14 heavy (non-hydrogen) atoms. The first-order valence-electron chi connectivity index (χ1n) is 4.56. The standard InChI is InChI=1S/C9H9Br.C2H4O2/c10-9-5-4-7-2-1-3-8(7)6-9;1-2(3)4/h4-6H,1-3H2;1H3,(H,3,4). The summed E-state index contributed by atoms with van der Waals surface area (Å²) in [4.78, 5) is 9.00. The van der Waals surface area contributed by atoms with E-state index in [-0.39, 0.29) is 0 Å². The van der Waals surface area contributed by atoms with E-state index in [2.05, 4.69) is 34.1 Å². The summed E-state index contributed by atoms with van der Waals surface area (Å²) in [5.41, 5.74) is 3.08. The fourth-order valence-corrected chi connectivity index (χ4v) is 1.95. The Bertz CT molecular complexity index is 330. The van der Waals surface area contributed by atoms with Crippen molar-refractivity contribution in [3.05, 3.63) is 33.8 Å². The Hall–Kier alpha value is -0.830. The Morgan fingerprint density at radius 3 is 2.57 bits per heavy atom. The van der Waals surface area contributed by atoms with E-state index in [1.165, 1.54) is 29.3 Å².